The monoisotopic (exact) mass is 278 g/mol. The van der Waals surface area contributed by atoms with Gasteiger partial charge in [0.2, 0.25) is 0 Å². The molecule has 3 heteroatoms. The second-order valence-electron chi connectivity index (χ2n) is 5.18. The van der Waals surface area contributed by atoms with Gasteiger partial charge in [-0.25, -0.2) is 4.98 Å². The Labute approximate surface area is 124 Å². The summed E-state index contributed by atoms with van der Waals surface area (Å²) in [4.78, 5) is 4.33. The predicted molar refractivity (Wildman–Crippen MR) is 86.5 cm³/mol. The minimum Gasteiger partial charge on any atom is -0.490 e. The molecule has 0 atom stereocenters. The van der Waals surface area contributed by atoms with E-state index in [0.717, 1.165) is 18.1 Å². The molecule has 1 N–H and O–H groups in total. The Kier molecular flexibility index (Phi) is 9.72. The van der Waals surface area contributed by atoms with Crippen LogP contribution in [0.15, 0.2) is 18.3 Å². The first-order valence-corrected chi connectivity index (χ1v) is 8.20. The van der Waals surface area contributed by atoms with Crippen molar-refractivity contribution < 1.29 is 4.74 Å². The van der Waals surface area contributed by atoms with Crippen molar-refractivity contribution in [2.45, 2.75) is 65.2 Å². The van der Waals surface area contributed by atoms with E-state index in [0.29, 0.717) is 6.61 Å². The van der Waals surface area contributed by atoms with Crippen LogP contribution in [0.3, 0.4) is 0 Å². The standard InChI is InChI=1S/C17H30N2O/c1-3-5-6-7-8-9-10-11-14-18-17-16(20-4-2)13-12-15-19-17/h12-13,15H,3-11,14H2,1-2H3,(H,18,19). The van der Waals surface area contributed by atoms with Crippen molar-refractivity contribution in [3.05, 3.63) is 18.3 Å². The second kappa shape index (κ2) is 11.6. The van der Waals surface area contributed by atoms with Crippen molar-refractivity contribution in [1.29, 1.82) is 0 Å². The number of rotatable bonds is 12. The first kappa shape index (κ1) is 16.8. The molecule has 0 spiro atoms. The third kappa shape index (κ3) is 7.37. The molecule has 0 amide bonds. The number of hydrogen-bond donors (Lipinski definition) is 1. The van der Waals surface area contributed by atoms with E-state index in [9.17, 15) is 0 Å². The van der Waals surface area contributed by atoms with E-state index < -0.39 is 0 Å². The Morgan fingerprint density at radius 2 is 1.70 bits per heavy atom. The third-order valence-corrected chi connectivity index (χ3v) is 3.39. The van der Waals surface area contributed by atoms with Crippen molar-refractivity contribution in [2.75, 3.05) is 18.5 Å². The summed E-state index contributed by atoms with van der Waals surface area (Å²) in [6, 6.07) is 3.87. The van der Waals surface area contributed by atoms with Gasteiger partial charge in [0, 0.05) is 12.7 Å². The first-order chi connectivity index (χ1) is 9.88. The average Bonchev–Trinajstić information content (AvgIpc) is 2.47. The Bertz CT molecular complexity index is 342. The lowest BCUT2D eigenvalue weighted by Gasteiger charge is -2.10. The van der Waals surface area contributed by atoms with E-state index in [1.807, 2.05) is 19.1 Å². The molecule has 0 saturated carbocycles. The van der Waals surface area contributed by atoms with Crippen molar-refractivity contribution in [1.82, 2.24) is 4.98 Å². The fourth-order valence-corrected chi connectivity index (χ4v) is 2.26. The first-order valence-electron chi connectivity index (χ1n) is 8.20. The molecule has 0 saturated heterocycles. The highest BCUT2D eigenvalue weighted by atomic mass is 16.5. The summed E-state index contributed by atoms with van der Waals surface area (Å²) in [5.74, 6) is 1.73. The summed E-state index contributed by atoms with van der Waals surface area (Å²) < 4.78 is 5.55. The van der Waals surface area contributed by atoms with Crippen LogP contribution in [0.25, 0.3) is 0 Å². The molecule has 1 aromatic heterocycles. The van der Waals surface area contributed by atoms with E-state index in [1.165, 1.54) is 51.4 Å². The van der Waals surface area contributed by atoms with Gasteiger partial charge < -0.3 is 10.1 Å². The molecule has 0 radical (unpaired) electrons. The van der Waals surface area contributed by atoms with Crippen LogP contribution < -0.4 is 10.1 Å². The van der Waals surface area contributed by atoms with Gasteiger partial charge in [-0.15, -0.1) is 0 Å². The lowest BCUT2D eigenvalue weighted by molar-refractivity contribution is 0.340. The van der Waals surface area contributed by atoms with Crippen LogP contribution in [0.1, 0.15) is 65.2 Å². The molecule has 1 rings (SSSR count). The average molecular weight is 278 g/mol. The Morgan fingerprint density at radius 3 is 2.40 bits per heavy atom. The topological polar surface area (TPSA) is 34.2 Å². The fourth-order valence-electron chi connectivity index (χ4n) is 2.26. The highest BCUT2D eigenvalue weighted by Gasteiger charge is 2.02. The molecule has 20 heavy (non-hydrogen) atoms. The van der Waals surface area contributed by atoms with Gasteiger partial charge in [0.05, 0.1) is 6.61 Å². The molecule has 1 heterocycles. The number of nitrogens with zero attached hydrogens (tertiary/aromatic N) is 1. The number of pyridine rings is 1. The Hall–Kier alpha value is -1.25. The van der Waals surface area contributed by atoms with Crippen LogP contribution in [-0.2, 0) is 0 Å². The lowest BCUT2D eigenvalue weighted by atomic mass is 10.1. The minimum atomic E-state index is 0.679. The molecule has 114 valence electrons. The summed E-state index contributed by atoms with van der Waals surface area (Å²) >= 11 is 0. The zero-order chi connectivity index (χ0) is 14.5. The number of ether oxygens (including phenoxy) is 1. The molecular weight excluding hydrogens is 248 g/mol. The molecule has 0 bridgehead atoms. The quantitative estimate of drug-likeness (QED) is 0.544. The maximum Gasteiger partial charge on any atom is 0.168 e. The van der Waals surface area contributed by atoms with E-state index >= 15 is 0 Å². The largest absolute Gasteiger partial charge is 0.490 e. The van der Waals surface area contributed by atoms with Gasteiger partial charge in [-0.1, -0.05) is 51.9 Å². The number of aromatic nitrogens is 1. The summed E-state index contributed by atoms with van der Waals surface area (Å²) in [6.07, 6.45) is 12.6. The van der Waals surface area contributed by atoms with Crippen molar-refractivity contribution in [2.24, 2.45) is 0 Å². The van der Waals surface area contributed by atoms with Gasteiger partial charge in [0.25, 0.3) is 0 Å². The van der Waals surface area contributed by atoms with Crippen molar-refractivity contribution >= 4 is 5.82 Å². The van der Waals surface area contributed by atoms with E-state index in [4.69, 9.17) is 4.74 Å². The number of unbranched alkanes of at least 4 members (excludes halogenated alkanes) is 7. The van der Waals surface area contributed by atoms with E-state index in [2.05, 4.69) is 17.2 Å². The molecule has 0 aliphatic heterocycles. The minimum absolute atomic E-state index is 0.679. The van der Waals surface area contributed by atoms with Gasteiger partial charge in [-0.05, 0) is 25.5 Å². The third-order valence-electron chi connectivity index (χ3n) is 3.39. The van der Waals surface area contributed by atoms with Gasteiger partial charge in [0.1, 0.15) is 0 Å². The summed E-state index contributed by atoms with van der Waals surface area (Å²) in [7, 11) is 0. The highest BCUT2D eigenvalue weighted by molar-refractivity contribution is 5.49. The molecule has 0 aliphatic carbocycles. The smallest absolute Gasteiger partial charge is 0.168 e. The zero-order valence-corrected chi connectivity index (χ0v) is 13.2. The van der Waals surface area contributed by atoms with Crippen LogP contribution in [0.4, 0.5) is 5.82 Å². The summed E-state index contributed by atoms with van der Waals surface area (Å²) in [5, 5.41) is 3.37. The van der Waals surface area contributed by atoms with E-state index in [-0.39, 0.29) is 0 Å². The predicted octanol–water partition coefficient (Wildman–Crippen LogP) is 5.03. The molecule has 0 fully saturated rings. The lowest BCUT2D eigenvalue weighted by Crippen LogP contribution is -2.05. The van der Waals surface area contributed by atoms with Gasteiger partial charge in [-0.2, -0.15) is 0 Å². The van der Waals surface area contributed by atoms with Crippen LogP contribution in [0, 0.1) is 0 Å². The van der Waals surface area contributed by atoms with E-state index in [1.54, 1.807) is 6.20 Å². The fraction of sp³-hybridized carbons (Fsp3) is 0.706. The van der Waals surface area contributed by atoms with Crippen molar-refractivity contribution in [3.8, 4) is 5.75 Å². The molecular formula is C17H30N2O. The summed E-state index contributed by atoms with van der Waals surface area (Å²) in [6.45, 7) is 5.92. The summed E-state index contributed by atoms with van der Waals surface area (Å²) in [5.41, 5.74) is 0. The Balaban J connectivity index is 2.06. The number of nitrogens with one attached hydrogen (secondary N) is 1. The number of hydrogen-bond acceptors (Lipinski definition) is 3. The number of anilines is 1. The second-order valence-corrected chi connectivity index (χ2v) is 5.18. The van der Waals surface area contributed by atoms with Crippen LogP contribution in [-0.4, -0.2) is 18.1 Å². The maximum atomic E-state index is 5.55. The molecule has 0 unspecified atom stereocenters. The van der Waals surface area contributed by atoms with Crippen LogP contribution in [0.2, 0.25) is 0 Å². The van der Waals surface area contributed by atoms with Gasteiger partial charge in [-0.3, -0.25) is 0 Å². The van der Waals surface area contributed by atoms with Gasteiger partial charge >= 0.3 is 0 Å². The maximum absolute atomic E-state index is 5.55. The van der Waals surface area contributed by atoms with Crippen LogP contribution >= 0.6 is 0 Å². The molecule has 0 aliphatic rings. The van der Waals surface area contributed by atoms with Gasteiger partial charge in [0.15, 0.2) is 11.6 Å². The van der Waals surface area contributed by atoms with Crippen molar-refractivity contribution in [3.63, 3.8) is 0 Å². The molecule has 0 aromatic carbocycles. The normalized spacial score (nSPS) is 10.5. The highest BCUT2D eigenvalue weighted by Crippen LogP contribution is 2.20. The van der Waals surface area contributed by atoms with Crippen LogP contribution in [0.5, 0.6) is 5.75 Å². The molecule has 3 nitrogen and oxygen atoms in total. The Morgan fingerprint density at radius 1 is 1.00 bits per heavy atom. The zero-order valence-electron chi connectivity index (χ0n) is 13.2. The molecule has 1 aromatic rings. The SMILES string of the molecule is CCCCCCCCCCNc1ncccc1OCC.